The minimum atomic E-state index is -1.26. The first-order chi connectivity index (χ1) is 12.5. The summed E-state index contributed by atoms with van der Waals surface area (Å²) in [5, 5.41) is 38.8. The van der Waals surface area contributed by atoms with Crippen LogP contribution in [0.15, 0.2) is 12.7 Å². The van der Waals surface area contributed by atoms with E-state index in [-0.39, 0.29) is 0 Å². The van der Waals surface area contributed by atoms with Crippen molar-refractivity contribution in [2.75, 3.05) is 18.1 Å². The maximum atomic E-state index is 11.5. The smallest absolute Gasteiger partial charge is 0.326 e. The van der Waals surface area contributed by atoms with Gasteiger partial charge in [0, 0.05) is 6.54 Å². The third-order valence-corrected chi connectivity index (χ3v) is 4.94. The summed E-state index contributed by atoms with van der Waals surface area (Å²) in [6.07, 6.45) is -0.426. The third-order valence-electron chi connectivity index (χ3n) is 4.94. The van der Waals surface area contributed by atoms with Crippen molar-refractivity contribution >= 4 is 23.0 Å². The molecule has 11 nitrogen and oxygen atoms in total. The summed E-state index contributed by atoms with van der Waals surface area (Å²) in [6, 6.07) is -0.674. The molecule has 4 N–H and O–H groups in total. The molecule has 4 rings (SSSR count). The summed E-state index contributed by atoms with van der Waals surface area (Å²) in [7, 11) is 0. The molecule has 0 aromatic carbocycles. The monoisotopic (exact) mass is 365 g/mol. The molecule has 0 saturated carbocycles. The van der Waals surface area contributed by atoms with Crippen LogP contribution in [0.4, 0.5) is 5.82 Å². The topological polar surface area (TPSA) is 154 Å². The lowest BCUT2D eigenvalue weighted by molar-refractivity contribution is -0.138. The van der Waals surface area contributed by atoms with Crippen LogP contribution in [0.25, 0.3) is 11.2 Å². The molecule has 0 amide bonds. The van der Waals surface area contributed by atoms with Gasteiger partial charge in [-0.15, -0.1) is 0 Å². The number of carboxylic acids is 1. The van der Waals surface area contributed by atoms with E-state index < -0.39 is 43.2 Å². The van der Waals surface area contributed by atoms with Crippen LogP contribution in [0, 0.1) is 0 Å². The number of hydrogen-bond donors (Lipinski definition) is 4. The summed E-state index contributed by atoms with van der Waals surface area (Å²) < 4.78 is 6.97. The number of imidazole rings is 1. The zero-order valence-electron chi connectivity index (χ0n) is 13.7. The maximum Gasteiger partial charge on any atom is 0.326 e. The molecular formula is C15H19N5O6. The van der Waals surface area contributed by atoms with Gasteiger partial charge in [-0.3, -0.25) is 4.57 Å². The fourth-order valence-electron chi connectivity index (χ4n) is 3.62. The normalized spacial score (nSPS) is 31.8. The number of nitrogens with zero attached hydrogens (tertiary/aromatic N) is 5. The van der Waals surface area contributed by atoms with Gasteiger partial charge in [-0.2, -0.15) is 0 Å². The fourth-order valence-corrected chi connectivity index (χ4v) is 3.62. The zero-order valence-corrected chi connectivity index (χ0v) is 13.7. The van der Waals surface area contributed by atoms with E-state index in [2.05, 4.69) is 15.0 Å². The molecule has 26 heavy (non-hydrogen) atoms. The standard InChI is InChI=1S/C15H19N5O6/c21-4-8-10(22)11(23)14(26-8)20-6-18-9-12(16-5-17-13(9)20)19-3-1-2-7(19)15(24)25/h5-8,10-11,14,21-23H,1-4H2,(H,24,25). The predicted octanol–water partition coefficient (Wildman–Crippen LogP) is -1.51. The molecule has 5 unspecified atom stereocenters. The lowest BCUT2D eigenvalue weighted by Gasteiger charge is -2.22. The summed E-state index contributed by atoms with van der Waals surface area (Å²) in [6.45, 7) is 0.111. The Hall–Kier alpha value is -2.34. The van der Waals surface area contributed by atoms with E-state index in [0.717, 1.165) is 6.42 Å². The van der Waals surface area contributed by atoms with Crippen LogP contribution < -0.4 is 4.90 Å². The molecule has 0 bridgehead atoms. The summed E-state index contributed by atoms with van der Waals surface area (Å²) in [4.78, 5) is 25.8. The van der Waals surface area contributed by atoms with Crippen molar-refractivity contribution in [3.05, 3.63) is 12.7 Å². The van der Waals surface area contributed by atoms with E-state index in [1.807, 2.05) is 0 Å². The molecule has 140 valence electrons. The quantitative estimate of drug-likeness (QED) is 0.503. The number of carboxylic acid groups (broad SMARTS) is 1. The Kier molecular flexibility index (Phi) is 4.23. The molecule has 0 spiro atoms. The molecule has 2 aromatic heterocycles. The van der Waals surface area contributed by atoms with E-state index >= 15 is 0 Å². The van der Waals surface area contributed by atoms with Crippen LogP contribution >= 0.6 is 0 Å². The zero-order chi connectivity index (χ0) is 18.4. The molecular weight excluding hydrogens is 346 g/mol. The van der Waals surface area contributed by atoms with Gasteiger partial charge in [-0.25, -0.2) is 19.7 Å². The highest BCUT2D eigenvalue weighted by Crippen LogP contribution is 2.34. The molecule has 2 aromatic rings. The van der Waals surface area contributed by atoms with Crippen LogP contribution in [-0.4, -0.2) is 83.4 Å². The maximum absolute atomic E-state index is 11.5. The second kappa shape index (κ2) is 6.43. The molecule has 2 fully saturated rings. The van der Waals surface area contributed by atoms with Gasteiger partial charge in [0.25, 0.3) is 0 Å². The molecule has 0 aliphatic carbocycles. The van der Waals surface area contributed by atoms with Gasteiger partial charge in [0.1, 0.15) is 30.7 Å². The van der Waals surface area contributed by atoms with Gasteiger partial charge in [0.15, 0.2) is 23.2 Å². The van der Waals surface area contributed by atoms with Crippen LogP contribution in [0.5, 0.6) is 0 Å². The number of carbonyl (C=O) groups is 1. The lowest BCUT2D eigenvalue weighted by atomic mass is 10.1. The number of aliphatic hydroxyl groups excluding tert-OH is 3. The van der Waals surface area contributed by atoms with Gasteiger partial charge < -0.3 is 30.1 Å². The van der Waals surface area contributed by atoms with E-state index in [4.69, 9.17) is 4.74 Å². The first kappa shape index (κ1) is 17.1. The Balaban J connectivity index is 1.73. The van der Waals surface area contributed by atoms with Crippen molar-refractivity contribution in [3.8, 4) is 0 Å². The van der Waals surface area contributed by atoms with Crippen LogP contribution in [-0.2, 0) is 9.53 Å². The van der Waals surface area contributed by atoms with Crippen LogP contribution in [0.2, 0.25) is 0 Å². The first-order valence-electron chi connectivity index (χ1n) is 8.32. The molecule has 11 heteroatoms. The summed E-state index contributed by atoms with van der Waals surface area (Å²) >= 11 is 0. The number of rotatable bonds is 4. The largest absolute Gasteiger partial charge is 0.480 e. The number of aliphatic hydroxyl groups is 3. The lowest BCUT2D eigenvalue weighted by Crippen LogP contribution is -2.36. The summed E-state index contributed by atoms with van der Waals surface area (Å²) in [5.74, 6) is -0.512. The first-order valence-corrected chi connectivity index (χ1v) is 8.32. The second-order valence-electron chi connectivity index (χ2n) is 6.44. The van der Waals surface area contributed by atoms with Crippen molar-refractivity contribution in [1.82, 2.24) is 19.5 Å². The van der Waals surface area contributed by atoms with E-state index in [1.165, 1.54) is 17.2 Å². The Labute approximate surface area is 147 Å². The second-order valence-corrected chi connectivity index (χ2v) is 6.44. The van der Waals surface area contributed by atoms with Crippen molar-refractivity contribution in [3.63, 3.8) is 0 Å². The van der Waals surface area contributed by atoms with E-state index in [0.29, 0.717) is 29.9 Å². The SMILES string of the molecule is O=C(O)C1CCCN1c1ncnc2c1ncn2C1OC(CO)C(O)C1O. The molecule has 4 heterocycles. The average molecular weight is 365 g/mol. The number of hydrogen-bond acceptors (Lipinski definition) is 9. The third kappa shape index (κ3) is 2.51. The van der Waals surface area contributed by atoms with Gasteiger partial charge >= 0.3 is 5.97 Å². The molecule has 2 aliphatic rings. The number of ether oxygens (including phenoxy) is 1. The number of aromatic nitrogens is 4. The Bertz CT molecular complexity index is 828. The number of fused-ring (bicyclic) bond motifs is 1. The fraction of sp³-hybridized carbons (Fsp3) is 0.600. The van der Waals surface area contributed by atoms with Crippen molar-refractivity contribution in [2.24, 2.45) is 0 Å². The van der Waals surface area contributed by atoms with Gasteiger partial charge in [-0.1, -0.05) is 0 Å². The Morgan fingerprint density at radius 2 is 2.08 bits per heavy atom. The Morgan fingerprint density at radius 3 is 2.77 bits per heavy atom. The van der Waals surface area contributed by atoms with Crippen molar-refractivity contribution in [1.29, 1.82) is 0 Å². The molecule has 2 aliphatic heterocycles. The van der Waals surface area contributed by atoms with Gasteiger partial charge in [0.05, 0.1) is 12.9 Å². The average Bonchev–Trinajstić information content (AvgIpc) is 3.33. The van der Waals surface area contributed by atoms with Gasteiger partial charge in [-0.05, 0) is 12.8 Å². The Morgan fingerprint density at radius 1 is 1.27 bits per heavy atom. The minimum absolute atomic E-state index is 0.348. The highest BCUT2D eigenvalue weighted by Gasteiger charge is 2.44. The van der Waals surface area contributed by atoms with Crippen molar-refractivity contribution in [2.45, 2.75) is 43.4 Å². The minimum Gasteiger partial charge on any atom is -0.480 e. The summed E-state index contributed by atoms with van der Waals surface area (Å²) in [5.41, 5.74) is 0.735. The van der Waals surface area contributed by atoms with Crippen LogP contribution in [0.3, 0.4) is 0 Å². The number of aliphatic carboxylic acids is 1. The molecule has 5 atom stereocenters. The molecule has 2 saturated heterocycles. The molecule has 0 radical (unpaired) electrons. The van der Waals surface area contributed by atoms with Crippen LogP contribution in [0.1, 0.15) is 19.1 Å². The van der Waals surface area contributed by atoms with E-state index in [1.54, 1.807) is 4.90 Å². The van der Waals surface area contributed by atoms with E-state index in [9.17, 15) is 25.2 Å². The predicted molar refractivity (Wildman–Crippen MR) is 86.3 cm³/mol. The highest BCUT2D eigenvalue weighted by atomic mass is 16.6. The highest BCUT2D eigenvalue weighted by molar-refractivity contribution is 5.87. The van der Waals surface area contributed by atoms with Gasteiger partial charge in [0.2, 0.25) is 0 Å². The van der Waals surface area contributed by atoms with Crippen molar-refractivity contribution < 1.29 is 30.0 Å². The number of anilines is 1.